The van der Waals surface area contributed by atoms with Gasteiger partial charge in [0.2, 0.25) is 0 Å². The van der Waals surface area contributed by atoms with E-state index in [9.17, 15) is 20.3 Å². The molecule has 34 heavy (non-hydrogen) atoms. The number of hydrogen-bond acceptors (Lipinski definition) is 7. The fourth-order valence-electron chi connectivity index (χ4n) is 6.60. The minimum absolute atomic E-state index is 0.0120. The van der Waals surface area contributed by atoms with Crippen molar-refractivity contribution in [1.29, 1.82) is 0 Å². The van der Waals surface area contributed by atoms with Gasteiger partial charge in [0.15, 0.2) is 11.5 Å². The van der Waals surface area contributed by atoms with Crippen LogP contribution in [-0.2, 0) is 11.4 Å². The summed E-state index contributed by atoms with van der Waals surface area (Å²) in [6.07, 6.45) is 4.18. The second kappa shape index (κ2) is 8.58. The summed E-state index contributed by atoms with van der Waals surface area (Å²) in [6, 6.07) is 9.94. The summed E-state index contributed by atoms with van der Waals surface area (Å²) in [5, 5.41) is 36.7. The Kier molecular flexibility index (Phi) is 5.72. The van der Waals surface area contributed by atoms with Gasteiger partial charge in [-0.2, -0.15) is 0 Å². The monoisotopic (exact) mass is 466 g/mol. The van der Waals surface area contributed by atoms with Gasteiger partial charge in [-0.05, 0) is 78.5 Å². The van der Waals surface area contributed by atoms with E-state index in [2.05, 4.69) is 12.1 Å². The van der Waals surface area contributed by atoms with Crippen molar-refractivity contribution in [2.24, 2.45) is 22.4 Å². The van der Waals surface area contributed by atoms with Crippen LogP contribution in [0.25, 0.3) is 0 Å². The molecule has 180 valence electrons. The van der Waals surface area contributed by atoms with Gasteiger partial charge in [-0.25, -0.2) is 0 Å². The Bertz CT molecular complexity index is 1150. The van der Waals surface area contributed by atoms with Crippen LogP contribution in [0.15, 0.2) is 41.6 Å². The van der Waals surface area contributed by atoms with Crippen LogP contribution in [-0.4, -0.2) is 34.1 Å². The summed E-state index contributed by atoms with van der Waals surface area (Å²) >= 11 is 0. The summed E-state index contributed by atoms with van der Waals surface area (Å²) in [4.78, 5) is 16.3. The number of oxime groups is 1. The molecule has 5 atom stereocenters. The van der Waals surface area contributed by atoms with Gasteiger partial charge in [-0.1, -0.05) is 24.2 Å². The van der Waals surface area contributed by atoms with E-state index in [1.807, 2.05) is 6.07 Å². The van der Waals surface area contributed by atoms with Gasteiger partial charge in [0.1, 0.15) is 6.61 Å². The third-order valence-corrected chi connectivity index (χ3v) is 8.40. The SMILES string of the molecule is COc1cc2c(cc1O)C(=NOCc1cccc([N+](=O)[O-])c1)C[C@@H]1[C@@H]2CC[C@]2(C)[C@@H](O)CC[C@@H]12. The molecule has 2 saturated carbocycles. The van der Waals surface area contributed by atoms with E-state index >= 15 is 0 Å². The molecule has 8 heteroatoms. The number of nitro benzene ring substituents is 1. The van der Waals surface area contributed by atoms with Gasteiger partial charge < -0.3 is 19.8 Å². The summed E-state index contributed by atoms with van der Waals surface area (Å²) in [7, 11) is 1.55. The first-order valence-corrected chi connectivity index (χ1v) is 11.8. The number of phenols is 1. The molecule has 0 saturated heterocycles. The van der Waals surface area contributed by atoms with E-state index in [0.717, 1.165) is 42.5 Å². The number of aliphatic hydroxyl groups is 1. The van der Waals surface area contributed by atoms with E-state index in [-0.39, 0.29) is 29.6 Å². The molecule has 2 fully saturated rings. The highest BCUT2D eigenvalue weighted by Gasteiger charge is 2.55. The molecule has 8 nitrogen and oxygen atoms in total. The van der Waals surface area contributed by atoms with Crippen LogP contribution in [0.4, 0.5) is 5.69 Å². The Morgan fingerprint density at radius 3 is 2.82 bits per heavy atom. The zero-order chi connectivity index (χ0) is 24.0. The summed E-state index contributed by atoms with van der Waals surface area (Å²) < 4.78 is 5.40. The Morgan fingerprint density at radius 2 is 2.06 bits per heavy atom. The van der Waals surface area contributed by atoms with Crippen LogP contribution in [0.1, 0.15) is 61.6 Å². The van der Waals surface area contributed by atoms with Crippen molar-refractivity contribution in [3.05, 3.63) is 63.2 Å². The lowest BCUT2D eigenvalue weighted by atomic mass is 9.55. The highest BCUT2D eigenvalue weighted by Crippen LogP contribution is 2.61. The quantitative estimate of drug-likeness (QED) is 0.478. The number of aromatic hydroxyl groups is 1. The van der Waals surface area contributed by atoms with E-state index in [1.54, 1.807) is 25.3 Å². The molecule has 0 amide bonds. The highest BCUT2D eigenvalue weighted by atomic mass is 16.6. The molecule has 0 radical (unpaired) electrons. The molecule has 2 aromatic rings. The molecule has 5 rings (SSSR count). The van der Waals surface area contributed by atoms with Crippen molar-refractivity contribution in [2.75, 3.05) is 7.11 Å². The summed E-state index contributed by atoms with van der Waals surface area (Å²) in [5.74, 6) is 1.51. The van der Waals surface area contributed by atoms with Crippen molar-refractivity contribution in [3.63, 3.8) is 0 Å². The normalized spacial score (nSPS) is 30.9. The number of phenolic OH excluding ortho intramolecular Hbond substituents is 1. The number of ether oxygens (including phenoxy) is 1. The maximum absolute atomic E-state index is 11.1. The first-order valence-electron chi connectivity index (χ1n) is 11.8. The fourth-order valence-corrected chi connectivity index (χ4v) is 6.60. The molecule has 3 aliphatic rings. The van der Waals surface area contributed by atoms with Crippen LogP contribution < -0.4 is 4.74 Å². The van der Waals surface area contributed by atoms with Crippen molar-refractivity contribution >= 4 is 11.4 Å². The number of non-ortho nitro benzene ring substituents is 1. The lowest BCUT2D eigenvalue weighted by Gasteiger charge is -2.50. The van der Waals surface area contributed by atoms with Gasteiger partial charge >= 0.3 is 0 Å². The molecule has 0 spiro atoms. The van der Waals surface area contributed by atoms with Gasteiger partial charge in [0.05, 0.1) is 23.8 Å². The Labute approximate surface area is 198 Å². The number of benzene rings is 2. The first-order chi connectivity index (χ1) is 16.3. The molecule has 0 aliphatic heterocycles. The van der Waals surface area contributed by atoms with Crippen LogP contribution >= 0.6 is 0 Å². The van der Waals surface area contributed by atoms with Crippen molar-refractivity contribution in [3.8, 4) is 11.5 Å². The Morgan fingerprint density at radius 1 is 1.24 bits per heavy atom. The molecular formula is C26H30N2O6. The van der Waals surface area contributed by atoms with E-state index in [0.29, 0.717) is 35.5 Å². The van der Waals surface area contributed by atoms with Crippen molar-refractivity contribution < 1.29 is 24.7 Å². The third kappa shape index (κ3) is 3.70. The number of fused-ring (bicyclic) bond motifs is 5. The van der Waals surface area contributed by atoms with Crippen LogP contribution in [0.2, 0.25) is 0 Å². The van der Waals surface area contributed by atoms with Gasteiger partial charge in [-0.3, -0.25) is 10.1 Å². The number of aliphatic hydroxyl groups excluding tert-OH is 1. The number of nitro groups is 1. The lowest BCUT2D eigenvalue weighted by molar-refractivity contribution is -0.384. The van der Waals surface area contributed by atoms with Crippen LogP contribution in [0.5, 0.6) is 11.5 Å². The second-order valence-electron chi connectivity index (χ2n) is 10.1. The summed E-state index contributed by atoms with van der Waals surface area (Å²) in [6.45, 7) is 2.32. The smallest absolute Gasteiger partial charge is 0.269 e. The first kappa shape index (κ1) is 22.7. The predicted octanol–water partition coefficient (Wildman–Crippen LogP) is 4.90. The van der Waals surface area contributed by atoms with E-state index < -0.39 is 4.92 Å². The van der Waals surface area contributed by atoms with Crippen LogP contribution in [0.3, 0.4) is 0 Å². The second-order valence-corrected chi connectivity index (χ2v) is 10.1. The van der Waals surface area contributed by atoms with Gasteiger partial charge in [0, 0.05) is 17.7 Å². The molecule has 0 unspecified atom stereocenters. The maximum atomic E-state index is 11.1. The van der Waals surface area contributed by atoms with E-state index in [4.69, 9.17) is 9.57 Å². The lowest BCUT2D eigenvalue weighted by Crippen LogP contribution is -2.45. The molecule has 2 aromatic carbocycles. The molecule has 3 aliphatic carbocycles. The average molecular weight is 467 g/mol. The van der Waals surface area contributed by atoms with E-state index in [1.165, 1.54) is 12.1 Å². The predicted molar refractivity (Wildman–Crippen MR) is 126 cm³/mol. The van der Waals surface area contributed by atoms with Crippen LogP contribution in [0, 0.1) is 27.4 Å². The standard InChI is InChI=1S/C26H30N2O6/c1-26-9-8-17-18-13-24(33-2)23(29)12-20(18)22(11-19(17)21(26)6-7-25(26)30)27-34-14-15-4-3-5-16(10-15)28(31)32/h3-5,10,12-13,17,19,21,25,29-30H,6-9,11,14H2,1-2H3/t17-,19-,21+,25+,26+/m1/s1. The number of nitrogens with zero attached hydrogens (tertiary/aromatic N) is 2. The highest BCUT2D eigenvalue weighted by molar-refractivity contribution is 6.03. The number of methoxy groups -OCH3 is 1. The average Bonchev–Trinajstić information content (AvgIpc) is 3.13. The number of hydrogen-bond donors (Lipinski definition) is 2. The minimum Gasteiger partial charge on any atom is -0.504 e. The van der Waals surface area contributed by atoms with Gasteiger partial charge in [0.25, 0.3) is 5.69 Å². The van der Waals surface area contributed by atoms with Crippen molar-refractivity contribution in [2.45, 2.75) is 57.7 Å². The molecule has 0 bridgehead atoms. The molecule has 0 aromatic heterocycles. The largest absolute Gasteiger partial charge is 0.504 e. The fraction of sp³-hybridized carbons (Fsp3) is 0.500. The Balaban J connectivity index is 1.48. The zero-order valence-corrected chi connectivity index (χ0v) is 19.4. The Hall–Kier alpha value is -3.13. The van der Waals surface area contributed by atoms with Gasteiger partial charge in [-0.15, -0.1) is 0 Å². The molecule has 0 heterocycles. The number of rotatable bonds is 5. The summed E-state index contributed by atoms with van der Waals surface area (Å²) in [5.41, 5.74) is 3.30. The zero-order valence-electron chi connectivity index (χ0n) is 19.4. The minimum atomic E-state index is -0.431. The topological polar surface area (TPSA) is 114 Å². The maximum Gasteiger partial charge on any atom is 0.269 e. The third-order valence-electron chi connectivity index (χ3n) is 8.40. The van der Waals surface area contributed by atoms with Crippen molar-refractivity contribution in [1.82, 2.24) is 0 Å². The molecular weight excluding hydrogens is 436 g/mol. The molecule has 2 N–H and O–H groups in total.